The van der Waals surface area contributed by atoms with Gasteiger partial charge in [-0.3, -0.25) is 9.88 Å². The van der Waals surface area contributed by atoms with Crippen LogP contribution in [0.2, 0.25) is 0 Å². The van der Waals surface area contributed by atoms with E-state index in [1.807, 2.05) is 0 Å². The van der Waals surface area contributed by atoms with Crippen molar-refractivity contribution in [2.45, 2.75) is 18.2 Å². The topological polar surface area (TPSA) is 79.4 Å². The minimum atomic E-state index is -3.46. The highest BCUT2D eigenvalue weighted by molar-refractivity contribution is 7.90. The summed E-state index contributed by atoms with van der Waals surface area (Å²) >= 11 is 0. The predicted molar refractivity (Wildman–Crippen MR) is 88.6 cm³/mol. The van der Waals surface area contributed by atoms with Gasteiger partial charge in [0.2, 0.25) is 0 Å². The van der Waals surface area contributed by atoms with Crippen LogP contribution in [-0.2, 0) is 16.3 Å². The van der Waals surface area contributed by atoms with Gasteiger partial charge >= 0.3 is 6.03 Å². The number of benzene rings is 1. The van der Waals surface area contributed by atoms with Crippen LogP contribution >= 0.6 is 0 Å². The zero-order valence-corrected chi connectivity index (χ0v) is 14.0. The molecule has 0 spiro atoms. The summed E-state index contributed by atoms with van der Waals surface area (Å²) in [6, 6.07) is 5.47. The zero-order valence-electron chi connectivity index (χ0n) is 13.2. The van der Waals surface area contributed by atoms with Crippen molar-refractivity contribution in [1.82, 2.24) is 4.98 Å². The van der Waals surface area contributed by atoms with Gasteiger partial charge < -0.3 is 5.32 Å². The molecule has 8 heteroatoms. The van der Waals surface area contributed by atoms with Crippen LogP contribution in [0.3, 0.4) is 0 Å². The SMILES string of the molecule is Cc1ncc(N2CCc3c(F)cccc3NC2=O)cc1S(C)(=O)=O. The minimum Gasteiger partial charge on any atom is -0.307 e. The molecule has 2 amide bonds. The van der Waals surface area contributed by atoms with E-state index in [9.17, 15) is 17.6 Å². The average molecular weight is 349 g/mol. The van der Waals surface area contributed by atoms with Crippen LogP contribution in [0.4, 0.5) is 20.6 Å². The third-order valence-corrected chi connectivity index (χ3v) is 5.14. The molecule has 1 aliphatic heterocycles. The number of aromatic nitrogens is 1. The lowest BCUT2D eigenvalue weighted by molar-refractivity contribution is 0.257. The molecule has 0 aliphatic carbocycles. The first-order chi connectivity index (χ1) is 11.3. The molecular formula is C16H16FN3O3S. The van der Waals surface area contributed by atoms with Crippen LogP contribution in [-0.4, -0.2) is 32.2 Å². The van der Waals surface area contributed by atoms with Gasteiger partial charge in [-0.25, -0.2) is 17.6 Å². The van der Waals surface area contributed by atoms with Crippen LogP contribution in [0.1, 0.15) is 11.3 Å². The van der Waals surface area contributed by atoms with E-state index in [0.29, 0.717) is 29.1 Å². The molecule has 6 nitrogen and oxygen atoms in total. The van der Waals surface area contributed by atoms with Gasteiger partial charge in [0.1, 0.15) is 5.82 Å². The van der Waals surface area contributed by atoms with E-state index in [-0.39, 0.29) is 17.3 Å². The highest BCUT2D eigenvalue weighted by Crippen LogP contribution is 2.27. The first-order valence-electron chi connectivity index (χ1n) is 7.30. The van der Waals surface area contributed by atoms with Crippen molar-refractivity contribution in [2.24, 2.45) is 0 Å². The van der Waals surface area contributed by atoms with E-state index in [1.165, 1.54) is 29.3 Å². The molecule has 0 unspecified atom stereocenters. The van der Waals surface area contributed by atoms with Crippen LogP contribution < -0.4 is 10.2 Å². The molecule has 0 saturated heterocycles. The highest BCUT2D eigenvalue weighted by atomic mass is 32.2. The van der Waals surface area contributed by atoms with Gasteiger partial charge in [0.25, 0.3) is 0 Å². The number of fused-ring (bicyclic) bond motifs is 1. The number of amides is 2. The number of anilines is 2. The lowest BCUT2D eigenvalue weighted by atomic mass is 10.1. The number of nitrogens with zero attached hydrogens (tertiary/aromatic N) is 2. The van der Waals surface area contributed by atoms with Gasteiger partial charge in [-0.1, -0.05) is 6.07 Å². The van der Waals surface area contributed by atoms with Crippen molar-refractivity contribution < 1.29 is 17.6 Å². The van der Waals surface area contributed by atoms with E-state index in [2.05, 4.69) is 10.3 Å². The number of carbonyl (C=O) groups is 1. The maximum atomic E-state index is 13.9. The van der Waals surface area contributed by atoms with Crippen molar-refractivity contribution in [3.63, 3.8) is 0 Å². The summed E-state index contributed by atoms with van der Waals surface area (Å²) in [5.74, 6) is -0.381. The van der Waals surface area contributed by atoms with Gasteiger partial charge in [-0.15, -0.1) is 0 Å². The number of sulfone groups is 1. The number of hydrogen-bond acceptors (Lipinski definition) is 4. The molecule has 0 radical (unpaired) electrons. The van der Waals surface area contributed by atoms with Crippen LogP contribution in [0.25, 0.3) is 0 Å². The maximum absolute atomic E-state index is 13.9. The Morgan fingerprint density at radius 1 is 1.33 bits per heavy atom. The highest BCUT2D eigenvalue weighted by Gasteiger charge is 2.25. The molecule has 1 aromatic heterocycles. The Labute approximate surface area is 139 Å². The molecule has 0 saturated carbocycles. The number of aryl methyl sites for hydroxylation is 1. The number of hydrogen-bond donors (Lipinski definition) is 1. The fraction of sp³-hybridized carbons (Fsp3) is 0.250. The summed E-state index contributed by atoms with van der Waals surface area (Å²) in [6.07, 6.45) is 2.84. The second kappa shape index (κ2) is 5.86. The second-order valence-corrected chi connectivity index (χ2v) is 7.63. The molecule has 0 fully saturated rings. The lowest BCUT2D eigenvalue weighted by Crippen LogP contribution is -2.34. The Morgan fingerprint density at radius 3 is 2.79 bits per heavy atom. The third-order valence-electron chi connectivity index (χ3n) is 3.93. The fourth-order valence-electron chi connectivity index (χ4n) is 2.71. The number of halogens is 1. The minimum absolute atomic E-state index is 0.0701. The van der Waals surface area contributed by atoms with Crippen molar-refractivity contribution in [3.8, 4) is 0 Å². The molecule has 126 valence electrons. The summed E-state index contributed by atoms with van der Waals surface area (Å²) in [6.45, 7) is 1.81. The summed E-state index contributed by atoms with van der Waals surface area (Å²) in [5, 5.41) is 2.65. The van der Waals surface area contributed by atoms with Gasteiger partial charge in [0.05, 0.1) is 22.5 Å². The number of nitrogens with one attached hydrogen (secondary N) is 1. The maximum Gasteiger partial charge on any atom is 0.326 e. The second-order valence-electron chi connectivity index (χ2n) is 5.65. The largest absolute Gasteiger partial charge is 0.326 e. The van der Waals surface area contributed by atoms with Crippen LogP contribution in [0, 0.1) is 12.7 Å². The normalized spacial score (nSPS) is 14.8. The Kier molecular flexibility index (Phi) is 4.00. The summed E-state index contributed by atoms with van der Waals surface area (Å²) in [5.41, 5.74) is 1.57. The monoisotopic (exact) mass is 349 g/mol. The number of urea groups is 1. The molecule has 3 rings (SSSR count). The molecular weight excluding hydrogens is 333 g/mol. The molecule has 2 heterocycles. The van der Waals surface area contributed by atoms with E-state index in [1.54, 1.807) is 13.0 Å². The van der Waals surface area contributed by atoms with Gasteiger partial charge in [-0.05, 0) is 31.5 Å². The van der Waals surface area contributed by atoms with Crippen LogP contribution in [0.15, 0.2) is 35.4 Å². The molecule has 0 atom stereocenters. The fourth-order valence-corrected chi connectivity index (χ4v) is 3.63. The average Bonchev–Trinajstić information content (AvgIpc) is 2.66. The van der Waals surface area contributed by atoms with Crippen molar-refractivity contribution in [3.05, 3.63) is 47.5 Å². The quantitative estimate of drug-likeness (QED) is 0.903. The molecule has 1 aromatic carbocycles. The Balaban J connectivity index is 2.00. The standard InChI is InChI=1S/C16H16FN3O3S/c1-10-15(24(2,22)23)8-11(9-18-10)20-7-6-12-13(17)4-3-5-14(12)19-16(20)21/h3-5,8-9H,6-7H2,1-2H3,(H,19,21). The molecule has 1 aliphatic rings. The molecule has 24 heavy (non-hydrogen) atoms. The Morgan fingerprint density at radius 2 is 2.08 bits per heavy atom. The Hall–Kier alpha value is -2.48. The number of carbonyl (C=O) groups excluding carboxylic acids is 1. The number of rotatable bonds is 2. The first kappa shape index (κ1) is 16.4. The third kappa shape index (κ3) is 2.96. The van der Waals surface area contributed by atoms with E-state index >= 15 is 0 Å². The predicted octanol–water partition coefficient (Wildman–Crippen LogP) is 2.53. The molecule has 2 aromatic rings. The van der Waals surface area contributed by atoms with Crippen LogP contribution in [0.5, 0.6) is 0 Å². The van der Waals surface area contributed by atoms with Crippen molar-refractivity contribution in [2.75, 3.05) is 23.0 Å². The van der Waals surface area contributed by atoms with Gasteiger partial charge in [0, 0.05) is 24.1 Å². The van der Waals surface area contributed by atoms with Gasteiger partial charge in [-0.2, -0.15) is 0 Å². The molecule has 0 bridgehead atoms. The Bertz CT molecular complexity index is 928. The van der Waals surface area contributed by atoms with E-state index < -0.39 is 15.9 Å². The van der Waals surface area contributed by atoms with E-state index in [4.69, 9.17) is 0 Å². The molecule has 1 N–H and O–H groups in total. The smallest absolute Gasteiger partial charge is 0.307 e. The van der Waals surface area contributed by atoms with Crippen molar-refractivity contribution in [1.29, 1.82) is 0 Å². The summed E-state index contributed by atoms with van der Waals surface area (Å²) in [7, 11) is -3.46. The first-order valence-corrected chi connectivity index (χ1v) is 9.19. The van der Waals surface area contributed by atoms with Gasteiger partial charge in [0.15, 0.2) is 9.84 Å². The zero-order chi connectivity index (χ0) is 17.5. The summed E-state index contributed by atoms with van der Waals surface area (Å²) < 4.78 is 37.6. The summed E-state index contributed by atoms with van der Waals surface area (Å²) in [4.78, 5) is 18.0. The van der Waals surface area contributed by atoms with E-state index in [0.717, 1.165) is 6.26 Å². The van der Waals surface area contributed by atoms with Crippen molar-refractivity contribution >= 4 is 27.2 Å². The number of pyridine rings is 1. The lowest BCUT2D eigenvalue weighted by Gasteiger charge is -2.21.